The van der Waals surface area contributed by atoms with Crippen LogP contribution in [-0.4, -0.2) is 11.6 Å². The first-order valence-electron chi connectivity index (χ1n) is 7.10. The Balaban J connectivity index is 1.92. The summed E-state index contributed by atoms with van der Waals surface area (Å²) in [5, 5.41) is 1.13. The van der Waals surface area contributed by atoms with Gasteiger partial charge in [0.15, 0.2) is 0 Å². The molecular formula is C16H22N2OS. The van der Waals surface area contributed by atoms with Gasteiger partial charge in [-0.3, -0.25) is 0 Å². The number of hydrogen-bond acceptors (Lipinski definition) is 4. The van der Waals surface area contributed by atoms with Gasteiger partial charge >= 0.3 is 0 Å². The lowest BCUT2D eigenvalue weighted by molar-refractivity contribution is 0.319. The lowest BCUT2D eigenvalue weighted by Gasteiger charge is -2.07. The number of rotatable bonds is 7. The van der Waals surface area contributed by atoms with Crippen molar-refractivity contribution in [3.8, 4) is 5.75 Å². The maximum Gasteiger partial charge on any atom is 0.122 e. The minimum absolute atomic E-state index is 0.589. The third-order valence-electron chi connectivity index (χ3n) is 3.16. The summed E-state index contributed by atoms with van der Waals surface area (Å²) in [6.45, 7) is 5.48. The Labute approximate surface area is 124 Å². The van der Waals surface area contributed by atoms with Crippen molar-refractivity contribution in [2.24, 2.45) is 5.73 Å². The summed E-state index contributed by atoms with van der Waals surface area (Å²) in [5.74, 6) is 0.955. The first-order chi connectivity index (χ1) is 9.74. The van der Waals surface area contributed by atoms with E-state index in [-0.39, 0.29) is 0 Å². The second-order valence-electron chi connectivity index (χ2n) is 4.80. The first kappa shape index (κ1) is 15.0. The molecule has 0 amide bonds. The number of nitrogens with two attached hydrogens (primary N) is 1. The summed E-state index contributed by atoms with van der Waals surface area (Å²) in [6.07, 6.45) is 2.97. The largest absolute Gasteiger partial charge is 0.493 e. The molecule has 2 N–H and O–H groups in total. The van der Waals surface area contributed by atoms with Crippen molar-refractivity contribution < 1.29 is 4.74 Å². The SMILES string of the molecule is CCCc1nc(CCOc2ccccc2C)sc1CN. The van der Waals surface area contributed by atoms with Gasteiger partial charge < -0.3 is 10.5 Å². The molecule has 4 heteroatoms. The van der Waals surface area contributed by atoms with E-state index in [2.05, 4.69) is 24.9 Å². The average Bonchev–Trinajstić information content (AvgIpc) is 2.84. The predicted molar refractivity (Wildman–Crippen MR) is 84.4 cm³/mol. The van der Waals surface area contributed by atoms with Gasteiger partial charge in [0.1, 0.15) is 5.75 Å². The average molecular weight is 290 g/mol. The summed E-state index contributed by atoms with van der Waals surface area (Å²) in [7, 11) is 0. The zero-order valence-corrected chi connectivity index (χ0v) is 13.0. The molecule has 2 rings (SSSR count). The van der Waals surface area contributed by atoms with E-state index in [4.69, 9.17) is 10.5 Å². The van der Waals surface area contributed by atoms with E-state index in [1.54, 1.807) is 11.3 Å². The molecule has 0 fully saturated rings. The van der Waals surface area contributed by atoms with Gasteiger partial charge in [0, 0.05) is 17.8 Å². The molecule has 0 aliphatic rings. The lowest BCUT2D eigenvalue weighted by Crippen LogP contribution is -2.02. The highest BCUT2D eigenvalue weighted by atomic mass is 32.1. The Morgan fingerprint density at radius 2 is 2.05 bits per heavy atom. The minimum atomic E-state index is 0.589. The van der Waals surface area contributed by atoms with Crippen LogP contribution in [0.4, 0.5) is 0 Å². The molecule has 20 heavy (non-hydrogen) atoms. The summed E-state index contributed by atoms with van der Waals surface area (Å²) >= 11 is 1.72. The first-order valence-corrected chi connectivity index (χ1v) is 7.92. The van der Waals surface area contributed by atoms with Crippen molar-refractivity contribution >= 4 is 11.3 Å². The molecule has 0 spiro atoms. The van der Waals surface area contributed by atoms with Crippen molar-refractivity contribution in [2.45, 2.75) is 39.7 Å². The number of nitrogens with zero attached hydrogens (tertiary/aromatic N) is 1. The second kappa shape index (κ2) is 7.41. The monoisotopic (exact) mass is 290 g/mol. The van der Waals surface area contributed by atoms with Crippen LogP contribution >= 0.6 is 11.3 Å². The number of benzene rings is 1. The second-order valence-corrected chi connectivity index (χ2v) is 5.96. The highest BCUT2D eigenvalue weighted by Gasteiger charge is 2.09. The smallest absolute Gasteiger partial charge is 0.122 e. The summed E-state index contributed by atoms with van der Waals surface area (Å²) in [5.41, 5.74) is 8.11. The van der Waals surface area contributed by atoms with E-state index < -0.39 is 0 Å². The highest BCUT2D eigenvalue weighted by molar-refractivity contribution is 7.11. The molecule has 0 aliphatic carbocycles. The topological polar surface area (TPSA) is 48.1 Å². The molecule has 0 atom stereocenters. The molecule has 0 saturated heterocycles. The van der Waals surface area contributed by atoms with Gasteiger partial charge in [0.05, 0.1) is 17.3 Å². The molecule has 2 aromatic rings. The number of aryl methyl sites for hydroxylation is 2. The number of hydrogen-bond donors (Lipinski definition) is 1. The maximum absolute atomic E-state index is 5.82. The van der Waals surface area contributed by atoms with Gasteiger partial charge in [0.25, 0.3) is 0 Å². The molecule has 1 heterocycles. The minimum Gasteiger partial charge on any atom is -0.493 e. The van der Waals surface area contributed by atoms with Crippen molar-refractivity contribution in [3.63, 3.8) is 0 Å². The van der Waals surface area contributed by atoms with Crippen molar-refractivity contribution in [3.05, 3.63) is 45.4 Å². The number of ether oxygens (including phenoxy) is 1. The van der Waals surface area contributed by atoms with Crippen LogP contribution in [0.15, 0.2) is 24.3 Å². The quantitative estimate of drug-likeness (QED) is 0.849. The molecule has 0 unspecified atom stereocenters. The van der Waals surface area contributed by atoms with E-state index in [0.717, 1.165) is 30.0 Å². The molecule has 1 aromatic heterocycles. The highest BCUT2D eigenvalue weighted by Crippen LogP contribution is 2.21. The zero-order chi connectivity index (χ0) is 14.4. The molecule has 0 saturated carbocycles. The normalized spacial score (nSPS) is 10.8. The number of thiazole rings is 1. The van der Waals surface area contributed by atoms with Gasteiger partial charge in [-0.2, -0.15) is 0 Å². The van der Waals surface area contributed by atoms with Crippen molar-refractivity contribution in [2.75, 3.05) is 6.61 Å². The summed E-state index contributed by atoms with van der Waals surface area (Å²) < 4.78 is 5.82. The molecule has 0 bridgehead atoms. The van der Waals surface area contributed by atoms with Crippen LogP contribution in [0.5, 0.6) is 5.75 Å². The van der Waals surface area contributed by atoms with Crippen LogP contribution in [0, 0.1) is 6.92 Å². The fraction of sp³-hybridized carbons (Fsp3) is 0.438. The van der Waals surface area contributed by atoms with E-state index in [0.29, 0.717) is 13.2 Å². The maximum atomic E-state index is 5.82. The Morgan fingerprint density at radius 3 is 2.75 bits per heavy atom. The van der Waals surface area contributed by atoms with Crippen LogP contribution in [0.1, 0.15) is 34.5 Å². The van der Waals surface area contributed by atoms with Gasteiger partial charge in [-0.05, 0) is 25.0 Å². The van der Waals surface area contributed by atoms with E-state index in [1.807, 2.05) is 18.2 Å². The van der Waals surface area contributed by atoms with Gasteiger partial charge in [-0.1, -0.05) is 31.5 Å². The summed E-state index contributed by atoms with van der Waals surface area (Å²) in [4.78, 5) is 5.90. The van der Waals surface area contributed by atoms with Crippen molar-refractivity contribution in [1.29, 1.82) is 0 Å². The number of para-hydroxylation sites is 1. The van der Waals surface area contributed by atoms with Crippen LogP contribution in [0.25, 0.3) is 0 Å². The van der Waals surface area contributed by atoms with E-state index >= 15 is 0 Å². The molecule has 3 nitrogen and oxygen atoms in total. The third-order valence-corrected chi connectivity index (χ3v) is 4.34. The Morgan fingerprint density at radius 1 is 1.25 bits per heavy atom. The van der Waals surface area contributed by atoms with Gasteiger partial charge in [-0.25, -0.2) is 4.98 Å². The third kappa shape index (κ3) is 3.81. The molecule has 108 valence electrons. The Hall–Kier alpha value is -1.39. The Kier molecular flexibility index (Phi) is 5.56. The zero-order valence-electron chi connectivity index (χ0n) is 12.2. The fourth-order valence-electron chi connectivity index (χ4n) is 2.10. The molecular weight excluding hydrogens is 268 g/mol. The molecule has 0 aliphatic heterocycles. The summed E-state index contributed by atoms with van der Waals surface area (Å²) in [6, 6.07) is 8.08. The lowest BCUT2D eigenvalue weighted by atomic mass is 10.2. The molecule has 0 radical (unpaired) electrons. The van der Waals surface area contributed by atoms with Crippen molar-refractivity contribution in [1.82, 2.24) is 4.98 Å². The van der Waals surface area contributed by atoms with Crippen LogP contribution in [-0.2, 0) is 19.4 Å². The van der Waals surface area contributed by atoms with Crippen LogP contribution < -0.4 is 10.5 Å². The van der Waals surface area contributed by atoms with E-state index in [9.17, 15) is 0 Å². The van der Waals surface area contributed by atoms with Gasteiger partial charge in [0.2, 0.25) is 0 Å². The van der Waals surface area contributed by atoms with Gasteiger partial charge in [-0.15, -0.1) is 11.3 Å². The fourth-order valence-corrected chi connectivity index (χ4v) is 3.08. The Bertz CT molecular complexity index is 551. The number of aromatic nitrogens is 1. The van der Waals surface area contributed by atoms with E-state index in [1.165, 1.54) is 16.1 Å². The molecule has 1 aromatic carbocycles. The predicted octanol–water partition coefficient (Wildman–Crippen LogP) is 3.48. The van der Waals surface area contributed by atoms with Crippen LogP contribution in [0.2, 0.25) is 0 Å². The standard InChI is InChI=1S/C16H22N2OS/c1-3-6-13-15(11-17)20-16(18-13)9-10-19-14-8-5-4-7-12(14)2/h4-5,7-8H,3,6,9-11,17H2,1-2H3. The van der Waals surface area contributed by atoms with Crippen LogP contribution in [0.3, 0.4) is 0 Å².